The summed E-state index contributed by atoms with van der Waals surface area (Å²) in [6.45, 7) is 8.93. The van der Waals surface area contributed by atoms with E-state index >= 15 is 0 Å². The van der Waals surface area contributed by atoms with E-state index < -0.39 is 0 Å². The maximum absolute atomic E-state index is 12.7. The summed E-state index contributed by atoms with van der Waals surface area (Å²) in [6, 6.07) is 11.1. The SMILES string of the molecule is C[C@@H]1CN(c2cccc3c2CN(C(=O)C2CC2)CC3)CCN1CCn1cnc2cccnc21. The number of carbonyl (C=O) groups excluding carboxylic acids is 1. The summed E-state index contributed by atoms with van der Waals surface area (Å²) in [5.74, 6) is 0.667. The third kappa shape index (κ3) is 3.99. The highest BCUT2D eigenvalue weighted by Crippen LogP contribution is 2.35. The van der Waals surface area contributed by atoms with E-state index in [1.54, 1.807) is 0 Å². The third-order valence-electron chi connectivity index (χ3n) is 7.59. The summed E-state index contributed by atoms with van der Waals surface area (Å²) in [4.78, 5) is 28.9. The van der Waals surface area contributed by atoms with Gasteiger partial charge >= 0.3 is 0 Å². The Balaban J connectivity index is 1.13. The van der Waals surface area contributed by atoms with Gasteiger partial charge < -0.3 is 14.4 Å². The van der Waals surface area contributed by atoms with Gasteiger partial charge in [0.05, 0.1) is 6.33 Å². The number of benzene rings is 1. The average Bonchev–Trinajstić information content (AvgIpc) is 3.62. The molecule has 1 amide bonds. The normalized spacial score (nSPS) is 21.4. The Labute approximate surface area is 195 Å². The van der Waals surface area contributed by atoms with Gasteiger partial charge in [-0.05, 0) is 55.5 Å². The molecule has 2 aromatic heterocycles. The Bertz CT molecular complexity index is 1170. The molecule has 1 saturated heterocycles. The summed E-state index contributed by atoms with van der Waals surface area (Å²) >= 11 is 0. The standard InChI is InChI=1S/C26H32N6O/c1-19-16-30(14-12-29(19)13-15-32-18-28-23-5-3-10-27-25(23)32)24-6-2-4-20-9-11-31(17-22(20)24)26(33)21-7-8-21/h2-6,10,18-19,21H,7-9,11-17H2,1H3/t19-/m1/s1. The number of amides is 1. The minimum absolute atomic E-state index is 0.296. The van der Waals surface area contributed by atoms with Gasteiger partial charge in [0.1, 0.15) is 5.52 Å². The van der Waals surface area contributed by atoms with Crippen LogP contribution in [0.25, 0.3) is 11.2 Å². The van der Waals surface area contributed by atoms with Crippen molar-refractivity contribution in [2.24, 2.45) is 5.92 Å². The summed E-state index contributed by atoms with van der Waals surface area (Å²) in [5.41, 5.74) is 6.04. The third-order valence-corrected chi connectivity index (χ3v) is 7.59. The second-order valence-corrected chi connectivity index (χ2v) is 9.81. The molecule has 0 bridgehead atoms. The largest absolute Gasteiger partial charge is 0.368 e. The van der Waals surface area contributed by atoms with Gasteiger partial charge in [0.2, 0.25) is 5.91 Å². The van der Waals surface area contributed by atoms with Crippen LogP contribution in [0, 0.1) is 5.92 Å². The van der Waals surface area contributed by atoms with Crippen molar-refractivity contribution < 1.29 is 4.79 Å². The molecule has 172 valence electrons. The van der Waals surface area contributed by atoms with Crippen LogP contribution in [0.15, 0.2) is 42.9 Å². The molecule has 0 spiro atoms. The van der Waals surface area contributed by atoms with Gasteiger partial charge in [-0.25, -0.2) is 9.97 Å². The van der Waals surface area contributed by atoms with Gasteiger partial charge in [0.25, 0.3) is 0 Å². The quantitative estimate of drug-likeness (QED) is 0.606. The lowest BCUT2D eigenvalue weighted by Crippen LogP contribution is -2.53. The zero-order valence-corrected chi connectivity index (χ0v) is 19.4. The molecule has 1 atom stereocenters. The molecule has 2 fully saturated rings. The Morgan fingerprint density at radius 2 is 1.97 bits per heavy atom. The number of nitrogens with zero attached hydrogens (tertiary/aromatic N) is 6. The van der Waals surface area contributed by atoms with E-state index in [2.05, 4.69) is 54.4 Å². The first kappa shape index (κ1) is 20.7. The van der Waals surface area contributed by atoms with Crippen LogP contribution in [0.5, 0.6) is 0 Å². The molecule has 1 saturated carbocycles. The summed E-state index contributed by atoms with van der Waals surface area (Å²) in [6.07, 6.45) is 6.87. The van der Waals surface area contributed by atoms with Crippen molar-refractivity contribution in [1.29, 1.82) is 0 Å². The zero-order valence-electron chi connectivity index (χ0n) is 19.4. The zero-order chi connectivity index (χ0) is 22.4. The lowest BCUT2D eigenvalue weighted by molar-refractivity contribution is -0.133. The fourth-order valence-electron chi connectivity index (χ4n) is 5.48. The second-order valence-electron chi connectivity index (χ2n) is 9.81. The molecule has 33 heavy (non-hydrogen) atoms. The minimum atomic E-state index is 0.296. The highest BCUT2D eigenvalue weighted by atomic mass is 16.2. The van der Waals surface area contributed by atoms with Gasteiger partial charge in [-0.2, -0.15) is 0 Å². The van der Waals surface area contributed by atoms with Crippen LogP contribution in [0.2, 0.25) is 0 Å². The van der Waals surface area contributed by atoms with Crippen molar-refractivity contribution in [3.05, 3.63) is 54.0 Å². The van der Waals surface area contributed by atoms with E-state index in [-0.39, 0.29) is 0 Å². The Hall–Kier alpha value is -2.93. The number of anilines is 1. The number of rotatable bonds is 5. The first-order valence-electron chi connectivity index (χ1n) is 12.3. The van der Waals surface area contributed by atoms with Gasteiger partial charge in [-0.15, -0.1) is 0 Å². The van der Waals surface area contributed by atoms with Crippen LogP contribution in [-0.2, 0) is 24.3 Å². The Kier molecular flexibility index (Phi) is 5.29. The lowest BCUT2D eigenvalue weighted by atomic mass is 9.96. The van der Waals surface area contributed by atoms with E-state index in [9.17, 15) is 4.79 Å². The van der Waals surface area contributed by atoms with E-state index in [4.69, 9.17) is 0 Å². The number of hydrogen-bond donors (Lipinski definition) is 0. The molecule has 1 aliphatic carbocycles. The van der Waals surface area contributed by atoms with Crippen LogP contribution in [0.3, 0.4) is 0 Å². The predicted molar refractivity (Wildman–Crippen MR) is 129 cm³/mol. The molecule has 3 aromatic rings. The molecule has 6 rings (SSSR count). The monoisotopic (exact) mass is 444 g/mol. The predicted octanol–water partition coefficient (Wildman–Crippen LogP) is 2.94. The number of aromatic nitrogens is 3. The van der Waals surface area contributed by atoms with Crippen molar-refractivity contribution in [2.45, 2.75) is 45.3 Å². The van der Waals surface area contributed by atoms with Crippen molar-refractivity contribution >= 4 is 22.8 Å². The van der Waals surface area contributed by atoms with Crippen molar-refractivity contribution in [2.75, 3.05) is 37.6 Å². The fourth-order valence-corrected chi connectivity index (χ4v) is 5.48. The molecule has 0 radical (unpaired) electrons. The van der Waals surface area contributed by atoms with Crippen LogP contribution < -0.4 is 4.90 Å². The van der Waals surface area contributed by atoms with Gasteiger partial charge in [-0.1, -0.05) is 12.1 Å². The van der Waals surface area contributed by atoms with Crippen LogP contribution in [-0.4, -0.2) is 69.0 Å². The van der Waals surface area contributed by atoms with Gasteiger partial charge in [0.15, 0.2) is 5.65 Å². The Morgan fingerprint density at radius 1 is 1.06 bits per heavy atom. The highest BCUT2D eigenvalue weighted by Gasteiger charge is 2.35. The van der Waals surface area contributed by atoms with Gasteiger partial charge in [0, 0.05) is 69.7 Å². The molecule has 7 nitrogen and oxygen atoms in total. The number of carbonyl (C=O) groups is 1. The van der Waals surface area contributed by atoms with E-state index in [1.807, 2.05) is 24.7 Å². The van der Waals surface area contributed by atoms with E-state index in [0.717, 1.165) is 76.2 Å². The van der Waals surface area contributed by atoms with Crippen LogP contribution in [0.1, 0.15) is 30.9 Å². The van der Waals surface area contributed by atoms with Crippen LogP contribution >= 0.6 is 0 Å². The van der Waals surface area contributed by atoms with Crippen molar-refractivity contribution in [3.8, 4) is 0 Å². The smallest absolute Gasteiger partial charge is 0.225 e. The number of hydrogen-bond acceptors (Lipinski definition) is 5. The fraction of sp³-hybridized carbons (Fsp3) is 0.500. The molecule has 7 heteroatoms. The van der Waals surface area contributed by atoms with Crippen molar-refractivity contribution in [1.82, 2.24) is 24.3 Å². The molecular weight excluding hydrogens is 412 g/mol. The number of imidazole rings is 1. The molecule has 0 unspecified atom stereocenters. The van der Waals surface area contributed by atoms with Gasteiger partial charge in [-0.3, -0.25) is 9.69 Å². The molecule has 0 N–H and O–H groups in total. The number of piperazine rings is 1. The molecule has 2 aliphatic heterocycles. The lowest BCUT2D eigenvalue weighted by Gasteiger charge is -2.42. The minimum Gasteiger partial charge on any atom is -0.368 e. The second kappa shape index (κ2) is 8.45. The summed E-state index contributed by atoms with van der Waals surface area (Å²) in [7, 11) is 0. The number of pyridine rings is 1. The van der Waals surface area contributed by atoms with Crippen molar-refractivity contribution in [3.63, 3.8) is 0 Å². The number of fused-ring (bicyclic) bond motifs is 2. The molecule has 4 heterocycles. The molecule has 3 aliphatic rings. The maximum atomic E-state index is 12.7. The molecular formula is C26H32N6O. The highest BCUT2D eigenvalue weighted by molar-refractivity contribution is 5.81. The summed E-state index contributed by atoms with van der Waals surface area (Å²) < 4.78 is 2.16. The van der Waals surface area contributed by atoms with Crippen LogP contribution in [0.4, 0.5) is 5.69 Å². The first-order chi connectivity index (χ1) is 16.2. The topological polar surface area (TPSA) is 57.5 Å². The Morgan fingerprint density at radius 3 is 2.82 bits per heavy atom. The van der Waals surface area contributed by atoms with E-state index in [0.29, 0.717) is 17.9 Å². The maximum Gasteiger partial charge on any atom is 0.225 e. The molecule has 1 aromatic carbocycles. The average molecular weight is 445 g/mol. The first-order valence-corrected chi connectivity index (χ1v) is 12.3. The summed E-state index contributed by atoms with van der Waals surface area (Å²) in [5, 5.41) is 0. The van der Waals surface area contributed by atoms with E-state index in [1.165, 1.54) is 16.8 Å².